The summed E-state index contributed by atoms with van der Waals surface area (Å²) in [5.41, 5.74) is 11.8. The average Bonchev–Trinajstić information content (AvgIpc) is 3.79. The van der Waals surface area contributed by atoms with Crippen LogP contribution < -0.4 is 16.0 Å². The lowest BCUT2D eigenvalue weighted by molar-refractivity contribution is -0.384. The Hall–Kier alpha value is -3.90. The van der Waals surface area contributed by atoms with Crippen molar-refractivity contribution in [2.45, 2.75) is 32.9 Å². The zero-order valence-electron chi connectivity index (χ0n) is 23.1. The molecule has 3 aromatic rings. The van der Waals surface area contributed by atoms with Crippen LogP contribution in [0.4, 0.5) is 35.9 Å². The Balaban J connectivity index is 1.12. The summed E-state index contributed by atoms with van der Waals surface area (Å²) in [4.78, 5) is 19.3. The summed E-state index contributed by atoms with van der Waals surface area (Å²) in [7, 11) is 0. The van der Waals surface area contributed by atoms with Gasteiger partial charge in [0.05, 0.1) is 29.2 Å². The molecule has 218 valence electrons. The SMILES string of the molecule is Cc1nc2ccc(NC(COCCN3CCN(c4ccc(C(F)(F)F)cc4[N+](=O)[O-])CC3)=C3CC3)cc2c(N)c1C. The van der Waals surface area contributed by atoms with Crippen molar-refractivity contribution in [2.24, 2.45) is 0 Å². The molecule has 12 heteroatoms. The number of hydrogen-bond acceptors (Lipinski definition) is 8. The molecular weight excluding hydrogens is 537 g/mol. The van der Waals surface area contributed by atoms with E-state index in [9.17, 15) is 23.3 Å². The molecule has 0 amide bonds. The number of allylic oxidation sites excluding steroid dienone is 1. The zero-order valence-corrected chi connectivity index (χ0v) is 23.1. The molecule has 0 unspecified atom stereocenters. The van der Waals surface area contributed by atoms with Gasteiger partial charge in [-0.3, -0.25) is 20.0 Å². The lowest BCUT2D eigenvalue weighted by atomic mass is 10.1. The Morgan fingerprint density at radius 3 is 2.51 bits per heavy atom. The Labute approximate surface area is 235 Å². The normalized spacial score (nSPS) is 15.8. The van der Waals surface area contributed by atoms with Gasteiger partial charge in [-0.15, -0.1) is 0 Å². The highest BCUT2D eigenvalue weighted by atomic mass is 19.4. The number of nitrogens with one attached hydrogen (secondary N) is 1. The van der Waals surface area contributed by atoms with Crippen molar-refractivity contribution in [1.82, 2.24) is 9.88 Å². The van der Waals surface area contributed by atoms with Crippen molar-refractivity contribution < 1.29 is 22.8 Å². The number of nitrogen functional groups attached to an aromatic ring is 1. The Bertz CT molecular complexity index is 1490. The van der Waals surface area contributed by atoms with Gasteiger partial charge in [0.1, 0.15) is 5.69 Å². The molecule has 9 nitrogen and oxygen atoms in total. The molecule has 2 aliphatic rings. The number of anilines is 3. The second kappa shape index (κ2) is 11.5. The first kappa shape index (κ1) is 28.6. The van der Waals surface area contributed by atoms with Crippen molar-refractivity contribution in [3.63, 3.8) is 0 Å². The number of nitro groups is 1. The summed E-state index contributed by atoms with van der Waals surface area (Å²) < 4.78 is 45.1. The van der Waals surface area contributed by atoms with Crippen LogP contribution in [0.2, 0.25) is 0 Å². The second-order valence-corrected chi connectivity index (χ2v) is 10.5. The maximum Gasteiger partial charge on any atom is 0.416 e. The van der Waals surface area contributed by atoms with Gasteiger partial charge in [0, 0.05) is 66.9 Å². The molecule has 1 saturated carbocycles. The quantitative estimate of drug-likeness (QED) is 0.193. The van der Waals surface area contributed by atoms with Gasteiger partial charge in [0.15, 0.2) is 0 Å². The van der Waals surface area contributed by atoms with E-state index >= 15 is 0 Å². The summed E-state index contributed by atoms with van der Waals surface area (Å²) in [5.74, 6) is 0. The lowest BCUT2D eigenvalue weighted by Gasteiger charge is -2.35. The molecular formula is C29H33F3N6O3. The van der Waals surface area contributed by atoms with Gasteiger partial charge in [-0.05, 0) is 68.2 Å². The third-order valence-electron chi connectivity index (χ3n) is 7.75. The van der Waals surface area contributed by atoms with Gasteiger partial charge in [0.2, 0.25) is 0 Å². The van der Waals surface area contributed by atoms with E-state index in [1.54, 1.807) is 4.90 Å². The van der Waals surface area contributed by atoms with Crippen molar-refractivity contribution in [3.8, 4) is 0 Å². The minimum absolute atomic E-state index is 0.210. The highest BCUT2D eigenvalue weighted by Gasteiger charge is 2.34. The number of benzene rings is 2. The van der Waals surface area contributed by atoms with Gasteiger partial charge in [0.25, 0.3) is 5.69 Å². The highest BCUT2D eigenvalue weighted by molar-refractivity contribution is 5.94. The molecule has 1 aliphatic carbocycles. The Kier molecular flexibility index (Phi) is 8.05. The van der Waals surface area contributed by atoms with Crippen molar-refractivity contribution in [1.29, 1.82) is 0 Å². The van der Waals surface area contributed by atoms with Gasteiger partial charge in [-0.2, -0.15) is 13.2 Å². The number of nitro benzene ring substituents is 1. The van der Waals surface area contributed by atoms with E-state index in [2.05, 4.69) is 15.2 Å². The first-order valence-electron chi connectivity index (χ1n) is 13.6. The van der Waals surface area contributed by atoms with E-state index in [4.69, 9.17) is 10.5 Å². The van der Waals surface area contributed by atoms with Gasteiger partial charge < -0.3 is 20.7 Å². The third-order valence-corrected chi connectivity index (χ3v) is 7.75. The van der Waals surface area contributed by atoms with Crippen LogP contribution in [0.1, 0.15) is 29.7 Å². The molecule has 41 heavy (non-hydrogen) atoms. The molecule has 0 radical (unpaired) electrons. The van der Waals surface area contributed by atoms with E-state index in [0.29, 0.717) is 52.0 Å². The molecule has 1 aromatic heterocycles. The minimum atomic E-state index is -4.63. The molecule has 0 bridgehead atoms. The lowest BCUT2D eigenvalue weighted by Crippen LogP contribution is -2.47. The predicted molar refractivity (Wildman–Crippen MR) is 153 cm³/mol. The summed E-state index contributed by atoms with van der Waals surface area (Å²) in [6, 6.07) is 8.69. The fourth-order valence-corrected chi connectivity index (χ4v) is 5.05. The molecule has 0 atom stereocenters. The van der Waals surface area contributed by atoms with E-state index in [-0.39, 0.29) is 5.69 Å². The highest BCUT2D eigenvalue weighted by Crippen LogP contribution is 2.37. The molecule has 0 spiro atoms. The molecule has 1 saturated heterocycles. The van der Waals surface area contributed by atoms with Gasteiger partial charge in [-0.1, -0.05) is 0 Å². The second-order valence-electron chi connectivity index (χ2n) is 10.5. The smallest absolute Gasteiger partial charge is 0.398 e. The van der Waals surface area contributed by atoms with Crippen LogP contribution in [0.5, 0.6) is 0 Å². The number of fused-ring (bicyclic) bond motifs is 1. The number of rotatable bonds is 9. The average molecular weight is 571 g/mol. The zero-order chi connectivity index (χ0) is 29.3. The van der Waals surface area contributed by atoms with Gasteiger partial charge >= 0.3 is 6.18 Å². The standard InChI is InChI=1S/C29H33F3N6O3/c1-18-19(2)34-24-7-6-22(16-23(24)28(18)33)35-25(20-3-4-20)17-41-14-13-36-9-11-37(12-10-36)26-8-5-21(29(30,31)32)15-27(26)38(39)40/h5-8,15-16,35H,3-4,9-14,17H2,1-2H3,(H2,33,34). The van der Waals surface area contributed by atoms with Crippen LogP contribution in [-0.2, 0) is 10.9 Å². The van der Waals surface area contributed by atoms with E-state index < -0.39 is 22.4 Å². The van der Waals surface area contributed by atoms with E-state index in [0.717, 1.165) is 58.1 Å². The summed E-state index contributed by atoms with van der Waals surface area (Å²) in [5, 5.41) is 15.9. The number of piperazine rings is 1. The monoisotopic (exact) mass is 570 g/mol. The van der Waals surface area contributed by atoms with Crippen LogP contribution in [-0.4, -0.2) is 60.7 Å². The summed E-state index contributed by atoms with van der Waals surface area (Å²) in [6.07, 6.45) is -2.55. The molecule has 1 aliphatic heterocycles. The number of ether oxygens (including phenoxy) is 1. The molecule has 3 N–H and O–H groups in total. The van der Waals surface area contributed by atoms with Crippen LogP contribution in [0.25, 0.3) is 10.9 Å². The number of nitrogens with zero attached hydrogens (tertiary/aromatic N) is 4. The first-order chi connectivity index (χ1) is 19.5. The fourth-order valence-electron chi connectivity index (χ4n) is 5.05. The van der Waals surface area contributed by atoms with E-state index in [1.165, 1.54) is 11.6 Å². The largest absolute Gasteiger partial charge is 0.416 e. The van der Waals surface area contributed by atoms with Crippen molar-refractivity contribution in [2.75, 3.05) is 61.9 Å². The number of nitrogens with two attached hydrogens (primary N) is 1. The maximum atomic E-state index is 13.0. The molecule has 2 aromatic carbocycles. The number of alkyl halides is 3. The predicted octanol–water partition coefficient (Wildman–Crippen LogP) is 5.66. The minimum Gasteiger partial charge on any atom is -0.398 e. The molecule has 2 fully saturated rings. The van der Waals surface area contributed by atoms with E-state index in [1.807, 2.05) is 32.0 Å². The van der Waals surface area contributed by atoms with Crippen LogP contribution in [0.3, 0.4) is 0 Å². The number of aryl methyl sites for hydroxylation is 1. The molecule has 5 rings (SSSR count). The van der Waals surface area contributed by atoms with Crippen molar-refractivity contribution in [3.05, 3.63) is 74.6 Å². The van der Waals surface area contributed by atoms with Crippen LogP contribution in [0, 0.1) is 24.0 Å². The maximum absolute atomic E-state index is 13.0. The summed E-state index contributed by atoms with van der Waals surface area (Å²) in [6.45, 7) is 7.76. The Morgan fingerprint density at radius 1 is 1.12 bits per heavy atom. The van der Waals surface area contributed by atoms with Crippen molar-refractivity contribution >= 4 is 33.7 Å². The third kappa shape index (κ3) is 6.54. The number of pyridine rings is 1. The number of hydrogen-bond donors (Lipinski definition) is 2. The van der Waals surface area contributed by atoms with Crippen LogP contribution in [0.15, 0.2) is 47.7 Å². The number of halogens is 3. The Morgan fingerprint density at radius 2 is 1.85 bits per heavy atom. The number of aromatic nitrogens is 1. The topological polar surface area (TPSA) is 110 Å². The van der Waals surface area contributed by atoms with Gasteiger partial charge in [-0.25, -0.2) is 0 Å². The molecule has 2 heterocycles. The first-order valence-corrected chi connectivity index (χ1v) is 13.6. The summed E-state index contributed by atoms with van der Waals surface area (Å²) >= 11 is 0. The fraction of sp³-hybridized carbons (Fsp3) is 0.414. The van der Waals surface area contributed by atoms with Crippen LogP contribution >= 0.6 is 0 Å².